The molecule has 1 rings (SSSR count). The fourth-order valence-corrected chi connectivity index (χ4v) is 1.32. The molecular weight excluding hydrogens is 201 g/mol. The predicted molar refractivity (Wildman–Crippen MR) is 53.7 cm³/mol. The van der Waals surface area contributed by atoms with E-state index in [0.29, 0.717) is 18.5 Å². The summed E-state index contributed by atoms with van der Waals surface area (Å²) in [5, 5.41) is 10.6. The van der Waals surface area contributed by atoms with Crippen molar-refractivity contribution >= 4 is 5.69 Å². The minimum absolute atomic E-state index is 0.295. The molecule has 0 saturated carbocycles. The van der Waals surface area contributed by atoms with Gasteiger partial charge in [0.05, 0.1) is 11.0 Å². The van der Waals surface area contributed by atoms with E-state index in [2.05, 4.69) is 0 Å². The van der Waals surface area contributed by atoms with Crippen LogP contribution in [0.2, 0.25) is 0 Å². The van der Waals surface area contributed by atoms with Crippen molar-refractivity contribution in [3.63, 3.8) is 0 Å². The lowest BCUT2D eigenvalue weighted by atomic mass is 10.0. The Morgan fingerprint density at radius 3 is 2.73 bits per heavy atom. The molecule has 0 fully saturated rings. The van der Waals surface area contributed by atoms with E-state index >= 15 is 0 Å². The van der Waals surface area contributed by atoms with Crippen LogP contribution in [-0.4, -0.2) is 11.5 Å². The Kier molecular flexibility index (Phi) is 3.70. The van der Waals surface area contributed by atoms with Crippen molar-refractivity contribution in [3.8, 4) is 0 Å². The number of nitrogens with zero attached hydrogens (tertiary/aromatic N) is 1. The van der Waals surface area contributed by atoms with E-state index in [1.165, 1.54) is 6.07 Å². The smallest absolute Gasteiger partial charge is 0.277 e. The fraction of sp³-hybridized carbons (Fsp3) is 0.333. The molecule has 82 valence electrons. The van der Waals surface area contributed by atoms with Crippen molar-refractivity contribution in [2.75, 3.05) is 6.54 Å². The lowest BCUT2D eigenvalue weighted by Gasteiger charge is -2.10. The first-order valence-corrected chi connectivity index (χ1v) is 4.45. The molecule has 0 bridgehead atoms. The summed E-state index contributed by atoms with van der Waals surface area (Å²) in [6.45, 7) is 0.329. The van der Waals surface area contributed by atoms with Gasteiger partial charge in [-0.1, -0.05) is 0 Å². The van der Waals surface area contributed by atoms with Crippen LogP contribution in [-0.2, 0) is 0 Å². The van der Waals surface area contributed by atoms with E-state index in [9.17, 15) is 14.5 Å². The number of nitrogens with two attached hydrogens (primary N) is 2. The molecule has 0 amide bonds. The number of rotatable bonds is 4. The van der Waals surface area contributed by atoms with Gasteiger partial charge < -0.3 is 11.5 Å². The molecule has 0 saturated heterocycles. The number of halogens is 1. The third-order valence-electron chi connectivity index (χ3n) is 2.07. The zero-order valence-electron chi connectivity index (χ0n) is 8.02. The van der Waals surface area contributed by atoms with Gasteiger partial charge >= 0.3 is 0 Å². The van der Waals surface area contributed by atoms with Gasteiger partial charge in [0.1, 0.15) is 5.82 Å². The van der Waals surface area contributed by atoms with Crippen LogP contribution < -0.4 is 11.5 Å². The van der Waals surface area contributed by atoms with Crippen molar-refractivity contribution in [3.05, 3.63) is 39.7 Å². The standard InChI is InChI=1S/C9H12FN3O2/c10-6-1-2-7(8(12)3-4-11)9(5-6)13(14)15/h1-2,5,8H,3-4,11-12H2/t8-/m0/s1. The highest BCUT2D eigenvalue weighted by Crippen LogP contribution is 2.25. The molecule has 0 aliphatic heterocycles. The molecule has 5 nitrogen and oxygen atoms in total. The van der Waals surface area contributed by atoms with Crippen molar-refractivity contribution < 1.29 is 9.31 Å². The molecule has 0 aliphatic rings. The quantitative estimate of drug-likeness (QED) is 0.577. The van der Waals surface area contributed by atoms with E-state index < -0.39 is 16.8 Å². The van der Waals surface area contributed by atoms with Crippen LogP contribution in [0.1, 0.15) is 18.0 Å². The molecule has 0 spiro atoms. The van der Waals surface area contributed by atoms with E-state index in [4.69, 9.17) is 11.5 Å². The van der Waals surface area contributed by atoms with Gasteiger partial charge in [-0.3, -0.25) is 10.1 Å². The Labute approximate surface area is 86.0 Å². The molecule has 1 aromatic rings. The third-order valence-corrected chi connectivity index (χ3v) is 2.07. The molecular formula is C9H12FN3O2. The Morgan fingerprint density at radius 1 is 1.53 bits per heavy atom. The second-order valence-corrected chi connectivity index (χ2v) is 3.14. The van der Waals surface area contributed by atoms with Crippen molar-refractivity contribution in [2.45, 2.75) is 12.5 Å². The van der Waals surface area contributed by atoms with Gasteiger partial charge in [-0.2, -0.15) is 0 Å². The minimum atomic E-state index is -0.648. The van der Waals surface area contributed by atoms with Crippen LogP contribution in [0.3, 0.4) is 0 Å². The Hall–Kier alpha value is -1.53. The number of hydrogen-bond acceptors (Lipinski definition) is 4. The number of hydrogen-bond donors (Lipinski definition) is 2. The maximum Gasteiger partial charge on any atom is 0.277 e. The van der Waals surface area contributed by atoms with Gasteiger partial charge in [0, 0.05) is 11.6 Å². The topological polar surface area (TPSA) is 95.2 Å². The maximum absolute atomic E-state index is 12.8. The summed E-state index contributed by atoms with van der Waals surface area (Å²) in [6.07, 6.45) is 0.423. The lowest BCUT2D eigenvalue weighted by molar-refractivity contribution is -0.385. The molecule has 0 heterocycles. The largest absolute Gasteiger partial charge is 0.330 e. The van der Waals surface area contributed by atoms with Crippen molar-refractivity contribution in [1.82, 2.24) is 0 Å². The predicted octanol–water partition coefficient (Wildman–Crippen LogP) is 1.08. The minimum Gasteiger partial charge on any atom is -0.330 e. The summed E-state index contributed by atoms with van der Waals surface area (Å²) in [5.41, 5.74) is 11.0. The second kappa shape index (κ2) is 4.81. The fourth-order valence-electron chi connectivity index (χ4n) is 1.32. The summed E-state index contributed by atoms with van der Waals surface area (Å²) in [7, 11) is 0. The van der Waals surface area contributed by atoms with Crippen LogP contribution in [0, 0.1) is 15.9 Å². The molecule has 1 atom stereocenters. The van der Waals surface area contributed by atoms with Gasteiger partial charge in [-0.25, -0.2) is 4.39 Å². The van der Waals surface area contributed by atoms with Crippen LogP contribution in [0.15, 0.2) is 18.2 Å². The number of nitro groups is 1. The first kappa shape index (κ1) is 11.5. The van der Waals surface area contributed by atoms with E-state index in [1.807, 2.05) is 0 Å². The van der Waals surface area contributed by atoms with Crippen LogP contribution in [0.4, 0.5) is 10.1 Å². The first-order chi connectivity index (χ1) is 7.06. The van der Waals surface area contributed by atoms with Gasteiger partial charge in [-0.15, -0.1) is 0 Å². The summed E-state index contributed by atoms with van der Waals surface area (Å²) in [5.74, 6) is -0.648. The van der Waals surface area contributed by atoms with Gasteiger partial charge in [-0.05, 0) is 25.1 Å². The normalized spacial score (nSPS) is 12.5. The molecule has 0 aliphatic carbocycles. The Bertz CT molecular complexity index is 370. The second-order valence-electron chi connectivity index (χ2n) is 3.14. The Balaban J connectivity index is 3.10. The first-order valence-electron chi connectivity index (χ1n) is 4.45. The molecule has 0 aromatic heterocycles. The molecule has 4 N–H and O–H groups in total. The highest BCUT2D eigenvalue weighted by Gasteiger charge is 2.19. The molecule has 0 unspecified atom stereocenters. The summed E-state index contributed by atoms with van der Waals surface area (Å²) in [6, 6.07) is 2.81. The highest BCUT2D eigenvalue weighted by molar-refractivity contribution is 5.42. The van der Waals surface area contributed by atoms with E-state index in [1.54, 1.807) is 0 Å². The summed E-state index contributed by atoms with van der Waals surface area (Å²) in [4.78, 5) is 9.99. The monoisotopic (exact) mass is 213 g/mol. The zero-order valence-corrected chi connectivity index (χ0v) is 8.02. The summed E-state index contributed by atoms with van der Waals surface area (Å²) >= 11 is 0. The SMILES string of the molecule is NCC[C@H](N)c1ccc(F)cc1[N+](=O)[O-]. The zero-order chi connectivity index (χ0) is 11.4. The molecule has 1 aromatic carbocycles. The van der Waals surface area contributed by atoms with Gasteiger partial charge in [0.25, 0.3) is 5.69 Å². The molecule has 15 heavy (non-hydrogen) atoms. The number of benzene rings is 1. The van der Waals surface area contributed by atoms with Crippen LogP contribution >= 0.6 is 0 Å². The van der Waals surface area contributed by atoms with E-state index in [0.717, 1.165) is 12.1 Å². The maximum atomic E-state index is 12.8. The van der Waals surface area contributed by atoms with Gasteiger partial charge in [0.2, 0.25) is 0 Å². The summed E-state index contributed by atoms with van der Waals surface area (Å²) < 4.78 is 12.8. The van der Waals surface area contributed by atoms with Crippen LogP contribution in [0.5, 0.6) is 0 Å². The number of nitro benzene ring substituents is 1. The van der Waals surface area contributed by atoms with Crippen LogP contribution in [0.25, 0.3) is 0 Å². The Morgan fingerprint density at radius 2 is 2.20 bits per heavy atom. The third kappa shape index (κ3) is 2.71. The molecule has 0 radical (unpaired) electrons. The average molecular weight is 213 g/mol. The van der Waals surface area contributed by atoms with Crippen molar-refractivity contribution in [2.24, 2.45) is 11.5 Å². The highest BCUT2D eigenvalue weighted by atomic mass is 19.1. The van der Waals surface area contributed by atoms with E-state index in [-0.39, 0.29) is 5.69 Å². The lowest BCUT2D eigenvalue weighted by Crippen LogP contribution is -2.16. The average Bonchev–Trinajstić information content (AvgIpc) is 2.17. The van der Waals surface area contributed by atoms with Crippen molar-refractivity contribution in [1.29, 1.82) is 0 Å². The van der Waals surface area contributed by atoms with Gasteiger partial charge in [0.15, 0.2) is 0 Å². The molecule has 6 heteroatoms.